The summed E-state index contributed by atoms with van der Waals surface area (Å²) < 4.78 is 4.90. The van der Waals surface area contributed by atoms with Gasteiger partial charge >= 0.3 is 0 Å². The summed E-state index contributed by atoms with van der Waals surface area (Å²) in [5, 5.41) is 11.9. The predicted octanol–water partition coefficient (Wildman–Crippen LogP) is 0.766. The van der Waals surface area contributed by atoms with Crippen molar-refractivity contribution in [1.29, 1.82) is 0 Å². The number of hydrogen-bond acceptors (Lipinski definition) is 5. The minimum atomic E-state index is -0.286. The lowest BCUT2D eigenvalue weighted by atomic mass is 10.2. The third-order valence-corrected chi connectivity index (χ3v) is 3.47. The first kappa shape index (κ1) is 14.0. The minimum absolute atomic E-state index is 0.102. The van der Waals surface area contributed by atoms with Crippen LogP contribution in [0.5, 0.6) is 0 Å². The third-order valence-electron chi connectivity index (χ3n) is 2.41. The predicted molar refractivity (Wildman–Crippen MR) is 68.3 cm³/mol. The highest BCUT2D eigenvalue weighted by Gasteiger charge is 2.15. The number of amides is 1. The standard InChI is InChI=1S/C11H18N2O3S/c1-7-9(12)5-10(17-7)11(15)13-8(6-14)3-4-16-2/h5,8,14H,3-4,6,12H2,1-2H3,(H,13,15). The quantitative estimate of drug-likeness (QED) is 0.703. The van der Waals surface area contributed by atoms with Gasteiger partial charge in [0.15, 0.2) is 0 Å². The van der Waals surface area contributed by atoms with Gasteiger partial charge in [0, 0.05) is 24.3 Å². The van der Waals surface area contributed by atoms with Crippen LogP contribution in [0, 0.1) is 6.92 Å². The highest BCUT2D eigenvalue weighted by Crippen LogP contribution is 2.23. The smallest absolute Gasteiger partial charge is 0.261 e. The van der Waals surface area contributed by atoms with Crippen molar-refractivity contribution in [3.8, 4) is 0 Å². The highest BCUT2D eigenvalue weighted by molar-refractivity contribution is 7.14. The Morgan fingerprint density at radius 1 is 1.71 bits per heavy atom. The summed E-state index contributed by atoms with van der Waals surface area (Å²) in [5.74, 6) is -0.204. The molecule has 96 valence electrons. The van der Waals surface area contributed by atoms with Crippen LogP contribution in [0.25, 0.3) is 0 Å². The van der Waals surface area contributed by atoms with E-state index in [-0.39, 0.29) is 18.6 Å². The molecule has 6 heteroatoms. The second-order valence-electron chi connectivity index (χ2n) is 3.76. The zero-order valence-electron chi connectivity index (χ0n) is 10.0. The minimum Gasteiger partial charge on any atom is -0.398 e. The largest absolute Gasteiger partial charge is 0.398 e. The van der Waals surface area contributed by atoms with Gasteiger partial charge in [-0.15, -0.1) is 11.3 Å². The fraction of sp³-hybridized carbons (Fsp3) is 0.545. The van der Waals surface area contributed by atoms with E-state index in [1.54, 1.807) is 13.2 Å². The van der Waals surface area contributed by atoms with Crippen molar-refractivity contribution in [3.05, 3.63) is 15.8 Å². The molecule has 4 N–H and O–H groups in total. The Kier molecular flexibility index (Phi) is 5.40. The van der Waals surface area contributed by atoms with Crippen molar-refractivity contribution in [2.45, 2.75) is 19.4 Å². The van der Waals surface area contributed by atoms with Gasteiger partial charge in [0.1, 0.15) is 0 Å². The highest BCUT2D eigenvalue weighted by atomic mass is 32.1. The van der Waals surface area contributed by atoms with E-state index in [4.69, 9.17) is 15.6 Å². The maximum atomic E-state index is 11.8. The van der Waals surface area contributed by atoms with Crippen molar-refractivity contribution in [2.75, 3.05) is 26.1 Å². The number of nitrogens with two attached hydrogens (primary N) is 1. The molecule has 1 heterocycles. The molecule has 0 fully saturated rings. The first-order chi connectivity index (χ1) is 8.08. The zero-order valence-corrected chi connectivity index (χ0v) is 10.8. The molecule has 1 rings (SSSR count). The van der Waals surface area contributed by atoms with Gasteiger partial charge in [-0.3, -0.25) is 4.79 Å². The number of carbonyl (C=O) groups is 1. The van der Waals surface area contributed by atoms with Crippen LogP contribution in [0.1, 0.15) is 21.0 Å². The van der Waals surface area contributed by atoms with E-state index in [0.717, 1.165) is 4.88 Å². The second-order valence-corrected chi connectivity index (χ2v) is 5.01. The average Bonchev–Trinajstić information content (AvgIpc) is 2.65. The Labute approximate surface area is 105 Å². The molecule has 0 aliphatic heterocycles. The molecule has 17 heavy (non-hydrogen) atoms. The van der Waals surface area contributed by atoms with Crippen LogP contribution in [0.4, 0.5) is 5.69 Å². The van der Waals surface area contributed by atoms with E-state index in [1.165, 1.54) is 11.3 Å². The van der Waals surface area contributed by atoms with Gasteiger partial charge in [-0.25, -0.2) is 0 Å². The molecule has 1 amide bonds. The first-order valence-corrected chi connectivity index (χ1v) is 6.16. The van der Waals surface area contributed by atoms with Crippen LogP contribution in [-0.4, -0.2) is 37.4 Å². The number of anilines is 1. The van der Waals surface area contributed by atoms with E-state index in [2.05, 4.69) is 5.32 Å². The zero-order chi connectivity index (χ0) is 12.8. The van der Waals surface area contributed by atoms with Crippen LogP contribution >= 0.6 is 11.3 Å². The molecule has 1 unspecified atom stereocenters. The number of carbonyl (C=O) groups excluding carboxylic acids is 1. The van der Waals surface area contributed by atoms with Gasteiger partial charge in [-0.2, -0.15) is 0 Å². The number of nitrogen functional groups attached to an aromatic ring is 1. The summed E-state index contributed by atoms with van der Waals surface area (Å²) in [5.41, 5.74) is 6.31. The maximum absolute atomic E-state index is 11.8. The molecule has 1 aromatic rings. The number of aliphatic hydroxyl groups is 1. The van der Waals surface area contributed by atoms with Gasteiger partial charge in [0.2, 0.25) is 0 Å². The normalized spacial score (nSPS) is 12.4. The summed E-state index contributed by atoms with van der Waals surface area (Å²) in [4.78, 5) is 13.3. The summed E-state index contributed by atoms with van der Waals surface area (Å²) in [7, 11) is 1.58. The van der Waals surface area contributed by atoms with Gasteiger partial charge in [0.05, 0.1) is 17.5 Å². The van der Waals surface area contributed by atoms with Gasteiger partial charge in [0.25, 0.3) is 5.91 Å². The number of thiophene rings is 1. The van der Waals surface area contributed by atoms with Crippen molar-refractivity contribution in [3.63, 3.8) is 0 Å². The summed E-state index contributed by atoms with van der Waals surface area (Å²) >= 11 is 1.35. The second kappa shape index (κ2) is 6.58. The summed E-state index contributed by atoms with van der Waals surface area (Å²) in [6, 6.07) is 1.37. The molecule has 5 nitrogen and oxygen atoms in total. The lowest BCUT2D eigenvalue weighted by molar-refractivity contribution is 0.0899. The molecular formula is C11H18N2O3S. The number of hydrogen-bond donors (Lipinski definition) is 3. The molecule has 0 saturated heterocycles. The lowest BCUT2D eigenvalue weighted by Crippen LogP contribution is -2.37. The van der Waals surface area contributed by atoms with E-state index in [0.29, 0.717) is 23.6 Å². The molecular weight excluding hydrogens is 240 g/mol. The van der Waals surface area contributed by atoms with Crippen LogP contribution in [0.2, 0.25) is 0 Å². The van der Waals surface area contributed by atoms with Gasteiger partial charge in [-0.1, -0.05) is 0 Å². The number of rotatable bonds is 6. The summed E-state index contributed by atoms with van der Waals surface area (Å²) in [6.45, 7) is 2.26. The Hall–Kier alpha value is -1.11. The molecule has 0 aliphatic rings. The molecule has 1 aromatic heterocycles. The number of aryl methyl sites for hydroxylation is 1. The Morgan fingerprint density at radius 3 is 2.88 bits per heavy atom. The van der Waals surface area contributed by atoms with Gasteiger partial charge < -0.3 is 20.9 Å². The molecule has 0 spiro atoms. The number of ether oxygens (including phenoxy) is 1. The Balaban J connectivity index is 2.58. The third kappa shape index (κ3) is 3.99. The van der Waals surface area contributed by atoms with E-state index >= 15 is 0 Å². The van der Waals surface area contributed by atoms with Crippen LogP contribution < -0.4 is 11.1 Å². The fourth-order valence-corrected chi connectivity index (χ4v) is 2.18. The van der Waals surface area contributed by atoms with Crippen molar-refractivity contribution in [2.24, 2.45) is 0 Å². The number of nitrogens with one attached hydrogen (secondary N) is 1. The van der Waals surface area contributed by atoms with E-state index in [1.807, 2.05) is 6.92 Å². The number of methoxy groups -OCH3 is 1. The van der Waals surface area contributed by atoms with Gasteiger partial charge in [-0.05, 0) is 19.4 Å². The monoisotopic (exact) mass is 258 g/mol. The topological polar surface area (TPSA) is 84.6 Å². The van der Waals surface area contributed by atoms with Crippen molar-refractivity contribution < 1.29 is 14.6 Å². The average molecular weight is 258 g/mol. The maximum Gasteiger partial charge on any atom is 0.261 e. The first-order valence-electron chi connectivity index (χ1n) is 5.35. The Bertz CT molecular complexity index is 359. The lowest BCUT2D eigenvalue weighted by Gasteiger charge is -2.14. The fourth-order valence-electron chi connectivity index (χ4n) is 1.33. The van der Waals surface area contributed by atoms with Crippen molar-refractivity contribution >= 4 is 22.9 Å². The summed E-state index contributed by atoms with van der Waals surface area (Å²) in [6.07, 6.45) is 0.582. The molecule has 1 atom stereocenters. The molecule has 0 radical (unpaired) electrons. The van der Waals surface area contributed by atoms with E-state index in [9.17, 15) is 4.79 Å². The molecule has 0 aliphatic carbocycles. The molecule has 0 saturated carbocycles. The Morgan fingerprint density at radius 2 is 2.41 bits per heavy atom. The number of aliphatic hydroxyl groups excluding tert-OH is 1. The van der Waals surface area contributed by atoms with E-state index < -0.39 is 0 Å². The van der Waals surface area contributed by atoms with Crippen LogP contribution in [0.15, 0.2) is 6.07 Å². The molecule has 0 bridgehead atoms. The van der Waals surface area contributed by atoms with Crippen LogP contribution in [-0.2, 0) is 4.74 Å². The SMILES string of the molecule is COCCC(CO)NC(=O)c1cc(N)c(C)s1. The van der Waals surface area contributed by atoms with Crippen LogP contribution in [0.3, 0.4) is 0 Å². The molecule has 0 aromatic carbocycles. The van der Waals surface area contributed by atoms with Crippen molar-refractivity contribution in [1.82, 2.24) is 5.32 Å².